The fourth-order valence-corrected chi connectivity index (χ4v) is 8.64. The summed E-state index contributed by atoms with van der Waals surface area (Å²) in [5.74, 6) is -32.8. The first kappa shape index (κ1) is 37.6. The van der Waals surface area contributed by atoms with Gasteiger partial charge in [0.1, 0.15) is 0 Å². The molecule has 0 spiro atoms. The molecule has 4 nitrogen and oxygen atoms in total. The summed E-state index contributed by atoms with van der Waals surface area (Å²) in [6.07, 6.45) is -23.7. The molecule has 0 rings (SSSR count). The van der Waals surface area contributed by atoms with Crippen LogP contribution in [0.15, 0.2) is 0 Å². The van der Waals surface area contributed by atoms with Crippen molar-refractivity contribution in [2.24, 2.45) is 0 Å². The predicted octanol–water partition coefficient (Wildman–Crippen LogP) is 6.96. The van der Waals surface area contributed by atoms with E-state index in [0.29, 0.717) is 13.8 Å². The summed E-state index contributed by atoms with van der Waals surface area (Å²) in [6, 6.07) is 0. The van der Waals surface area contributed by atoms with Gasteiger partial charge in [-0.3, -0.25) is 0 Å². The second-order valence-corrected chi connectivity index (χ2v) is 12.6. The van der Waals surface area contributed by atoms with Crippen LogP contribution in [0.2, 0.25) is 0 Å². The third-order valence-corrected chi connectivity index (χ3v) is 11.1. The lowest BCUT2D eigenvalue weighted by Gasteiger charge is -2.42. The molecule has 0 saturated carbocycles. The smallest absolute Gasteiger partial charge is 0.221 e. The Labute approximate surface area is 206 Å². The van der Waals surface area contributed by atoms with Crippen LogP contribution in [0, 0.1) is 0 Å². The molecule has 0 aliphatic rings. The van der Waals surface area contributed by atoms with E-state index in [9.17, 15) is 95.9 Å². The molecule has 24 heteroatoms. The molecule has 0 aromatic carbocycles. The first-order valence-electron chi connectivity index (χ1n) is 9.51. The molecule has 0 N–H and O–H groups in total. The first-order valence-corrected chi connectivity index (χ1v) is 12.5. The van der Waals surface area contributed by atoms with Crippen LogP contribution >= 0.6 is 0 Å². The molecular weight excluding hydrogens is 650 g/mol. The number of rotatable bonds is 12. The van der Waals surface area contributed by atoms with E-state index >= 15 is 0 Å². The summed E-state index contributed by atoms with van der Waals surface area (Å²) < 4.78 is 284. The average Bonchev–Trinajstić information content (AvgIpc) is 2.70. The molecule has 0 fully saturated rings. The minimum absolute atomic E-state index is 0.386. The van der Waals surface area contributed by atoms with Crippen molar-refractivity contribution in [1.29, 1.82) is 0 Å². The van der Waals surface area contributed by atoms with Crippen LogP contribution in [-0.4, -0.2) is 67.5 Å². The van der Waals surface area contributed by atoms with Crippen molar-refractivity contribution in [2.75, 3.05) is 0 Å². The van der Waals surface area contributed by atoms with Crippen molar-refractivity contribution in [3.63, 3.8) is 0 Å². The Morgan fingerprint density at radius 3 is 0.769 bits per heavy atom. The summed E-state index contributed by atoms with van der Waals surface area (Å²) >= 11 is 0. The molecule has 0 atom stereocenters. The van der Waals surface area contributed by atoms with Crippen LogP contribution in [-0.2, 0) is 19.7 Å². The molecule has 0 bridgehead atoms. The summed E-state index contributed by atoms with van der Waals surface area (Å²) in [7, 11) is -17.3. The number of sulfone groups is 2. The lowest BCUT2D eigenvalue weighted by atomic mass is 10.1. The van der Waals surface area contributed by atoms with Crippen LogP contribution in [0.4, 0.5) is 79.0 Å². The van der Waals surface area contributed by atoms with Crippen molar-refractivity contribution in [2.45, 2.75) is 90.2 Å². The normalized spacial score (nSPS) is 16.5. The number of hydrogen-bond donors (Lipinski definition) is 0. The number of halogens is 18. The zero-order valence-electron chi connectivity index (χ0n) is 18.6. The van der Waals surface area contributed by atoms with Crippen molar-refractivity contribution < 1.29 is 95.9 Å². The van der Waals surface area contributed by atoms with Crippen LogP contribution in [0.3, 0.4) is 0 Å². The van der Waals surface area contributed by atoms with Crippen molar-refractivity contribution in [3.05, 3.63) is 0 Å². The highest BCUT2D eigenvalue weighted by Crippen LogP contribution is 2.62. The van der Waals surface area contributed by atoms with E-state index in [0.717, 1.165) is 0 Å². The Morgan fingerprint density at radius 1 is 0.410 bits per heavy atom. The van der Waals surface area contributed by atoms with Crippen molar-refractivity contribution >= 4 is 19.7 Å². The molecule has 0 unspecified atom stereocenters. The Bertz CT molecular complexity index is 1010. The molecule has 0 aromatic rings. The second-order valence-electron chi connectivity index (χ2n) is 7.74. The van der Waals surface area contributed by atoms with Gasteiger partial charge in [0.2, 0.25) is 19.7 Å². The molecule has 0 aliphatic heterocycles. The van der Waals surface area contributed by atoms with Crippen LogP contribution in [0.5, 0.6) is 0 Å². The van der Waals surface area contributed by atoms with E-state index in [1.54, 1.807) is 0 Å². The van der Waals surface area contributed by atoms with Gasteiger partial charge in [0.15, 0.2) is 4.08 Å². The summed E-state index contributed by atoms with van der Waals surface area (Å²) in [5, 5.41) is -16.2. The predicted molar refractivity (Wildman–Crippen MR) is 92.2 cm³/mol. The van der Waals surface area contributed by atoms with E-state index in [4.69, 9.17) is 0 Å². The fraction of sp³-hybridized carbons (Fsp3) is 1.00. The van der Waals surface area contributed by atoms with Gasteiger partial charge < -0.3 is 0 Å². The first-order chi connectivity index (χ1) is 16.6. The Hall–Kier alpha value is -1.36. The van der Waals surface area contributed by atoms with Gasteiger partial charge in [-0.1, -0.05) is 26.7 Å². The van der Waals surface area contributed by atoms with E-state index < -0.39 is 96.0 Å². The van der Waals surface area contributed by atoms with Crippen molar-refractivity contribution in [3.8, 4) is 0 Å². The zero-order valence-corrected chi connectivity index (χ0v) is 20.2. The zero-order chi connectivity index (χ0) is 32.3. The molecule has 39 heavy (non-hydrogen) atoms. The lowest BCUT2D eigenvalue weighted by Crippen LogP contribution is -2.71. The third kappa shape index (κ3) is 4.71. The van der Waals surface area contributed by atoms with Crippen LogP contribution in [0.25, 0.3) is 0 Å². The van der Waals surface area contributed by atoms with Gasteiger partial charge in [0.05, 0.1) is 0 Å². The minimum Gasteiger partial charge on any atom is -0.221 e. The van der Waals surface area contributed by atoms with Crippen molar-refractivity contribution in [1.82, 2.24) is 0 Å². The average molecular weight is 664 g/mol. The quantitative estimate of drug-likeness (QED) is 0.212. The van der Waals surface area contributed by atoms with Gasteiger partial charge in [0.25, 0.3) is 0 Å². The highest BCUT2D eigenvalue weighted by molar-refractivity contribution is 8.11. The van der Waals surface area contributed by atoms with E-state index in [1.165, 1.54) is 0 Å². The van der Waals surface area contributed by atoms with Gasteiger partial charge in [-0.05, 0) is 12.8 Å². The monoisotopic (exact) mass is 664 g/mol. The maximum absolute atomic E-state index is 14.4. The molecular formula is C15H14F18O4S2. The maximum Gasteiger partial charge on any atom is 0.460 e. The molecule has 0 aliphatic carbocycles. The molecule has 236 valence electrons. The molecule has 0 saturated heterocycles. The van der Waals surface area contributed by atoms with Gasteiger partial charge >= 0.3 is 46.6 Å². The fourth-order valence-electron chi connectivity index (χ4n) is 3.09. The highest BCUT2D eigenvalue weighted by Gasteiger charge is 2.91. The van der Waals surface area contributed by atoms with Gasteiger partial charge in [-0.2, -0.15) is 79.0 Å². The summed E-state index contributed by atoms with van der Waals surface area (Å²) in [6.45, 7) is 0.771. The Kier molecular flexibility index (Phi) is 9.53. The SMILES string of the molecule is CCCC(CCC)(S(=O)(=O)C(F)(F)C(F)(F)C(F)(F)C(F)(F)F)S(=O)(=O)C(F)(F)C(F)(F)C(F)(F)C(F)(F)F. The maximum atomic E-state index is 14.4. The van der Waals surface area contributed by atoms with Gasteiger partial charge in [0, 0.05) is 0 Å². The Morgan fingerprint density at radius 2 is 0.615 bits per heavy atom. The number of hydrogen-bond acceptors (Lipinski definition) is 4. The minimum atomic E-state index is -8.66. The summed E-state index contributed by atoms with van der Waals surface area (Å²) in [4.78, 5) is 0. The second kappa shape index (κ2) is 9.88. The topological polar surface area (TPSA) is 68.3 Å². The lowest BCUT2D eigenvalue weighted by molar-refractivity contribution is -0.382. The molecule has 0 radical (unpaired) electrons. The van der Waals surface area contributed by atoms with Gasteiger partial charge in [-0.15, -0.1) is 0 Å². The number of alkyl halides is 18. The largest absolute Gasteiger partial charge is 0.460 e. The molecule has 0 heterocycles. The standard InChI is InChI=1S/C15H14F18O4S2/c1-3-5-7(6-4-2,38(34,35)14(30,31)10(20,21)8(16,17)12(24,25)26)39(36,37)15(32,33)11(22,23)9(18,19)13(27,28)29/h3-6H2,1-2H3. The molecule has 0 aromatic heterocycles. The van der Waals surface area contributed by atoms with E-state index in [-0.39, 0.29) is 0 Å². The van der Waals surface area contributed by atoms with Crippen LogP contribution < -0.4 is 0 Å². The molecule has 0 amide bonds. The van der Waals surface area contributed by atoms with E-state index in [2.05, 4.69) is 0 Å². The third-order valence-electron chi connectivity index (χ3n) is 5.15. The highest BCUT2D eigenvalue weighted by atomic mass is 32.3. The Balaban J connectivity index is 7.99. The van der Waals surface area contributed by atoms with Gasteiger partial charge in [-0.25, -0.2) is 16.8 Å². The summed E-state index contributed by atoms with van der Waals surface area (Å²) in [5.41, 5.74) is 0. The van der Waals surface area contributed by atoms with E-state index in [1.807, 2.05) is 0 Å². The van der Waals surface area contributed by atoms with Crippen LogP contribution in [0.1, 0.15) is 39.5 Å².